The molecule has 0 aliphatic heterocycles. The average molecular weight is 238 g/mol. The first-order valence-corrected chi connectivity index (χ1v) is 5.22. The van der Waals surface area contributed by atoms with Gasteiger partial charge in [-0.1, -0.05) is 0 Å². The molecular formula is C11H14N2O4. The maximum Gasteiger partial charge on any atom is 0.328 e. The molecule has 0 radical (unpaired) electrons. The number of benzene rings is 1. The molecule has 1 aromatic carbocycles. The lowest BCUT2D eigenvalue weighted by Gasteiger charge is -2.13. The topological polar surface area (TPSA) is 81.5 Å². The number of nitro groups is 1. The van der Waals surface area contributed by atoms with Gasteiger partial charge in [0.05, 0.1) is 11.5 Å². The van der Waals surface area contributed by atoms with Gasteiger partial charge in [-0.2, -0.15) is 0 Å². The van der Waals surface area contributed by atoms with Gasteiger partial charge in [-0.05, 0) is 26.0 Å². The van der Waals surface area contributed by atoms with Crippen molar-refractivity contribution in [2.24, 2.45) is 0 Å². The molecule has 0 spiro atoms. The zero-order valence-electron chi connectivity index (χ0n) is 9.67. The molecule has 0 aliphatic rings. The molecule has 0 amide bonds. The molecule has 6 nitrogen and oxygen atoms in total. The largest absolute Gasteiger partial charge is 0.464 e. The van der Waals surface area contributed by atoms with Crippen LogP contribution in [0.3, 0.4) is 0 Å². The molecule has 1 rings (SSSR count). The van der Waals surface area contributed by atoms with E-state index in [0.717, 1.165) is 0 Å². The summed E-state index contributed by atoms with van der Waals surface area (Å²) in [6.07, 6.45) is 0. The molecule has 0 saturated heterocycles. The van der Waals surface area contributed by atoms with Gasteiger partial charge in [0.15, 0.2) is 0 Å². The van der Waals surface area contributed by atoms with Crippen molar-refractivity contribution in [3.05, 3.63) is 34.4 Å². The molecule has 17 heavy (non-hydrogen) atoms. The SMILES string of the molecule is CCOC(=O)[C@@H](C)Nc1ccc([N+](=O)[O-])cc1. The summed E-state index contributed by atoms with van der Waals surface area (Å²) in [4.78, 5) is 21.3. The summed E-state index contributed by atoms with van der Waals surface area (Å²) in [5, 5.41) is 13.3. The molecule has 92 valence electrons. The normalized spacial score (nSPS) is 11.6. The van der Waals surface area contributed by atoms with E-state index in [0.29, 0.717) is 12.3 Å². The highest BCUT2D eigenvalue weighted by molar-refractivity contribution is 5.78. The monoisotopic (exact) mass is 238 g/mol. The Balaban J connectivity index is 2.63. The number of esters is 1. The number of carbonyl (C=O) groups excluding carboxylic acids is 1. The lowest BCUT2D eigenvalue weighted by molar-refractivity contribution is -0.384. The Hall–Kier alpha value is -2.11. The minimum atomic E-state index is -0.489. The Morgan fingerprint density at radius 3 is 2.53 bits per heavy atom. The highest BCUT2D eigenvalue weighted by atomic mass is 16.6. The van der Waals surface area contributed by atoms with E-state index in [4.69, 9.17) is 4.74 Å². The van der Waals surface area contributed by atoms with Gasteiger partial charge in [-0.15, -0.1) is 0 Å². The van der Waals surface area contributed by atoms with E-state index >= 15 is 0 Å². The maximum atomic E-state index is 11.3. The van der Waals surface area contributed by atoms with Crippen LogP contribution in [0.4, 0.5) is 11.4 Å². The van der Waals surface area contributed by atoms with E-state index in [-0.39, 0.29) is 11.7 Å². The van der Waals surface area contributed by atoms with E-state index in [1.165, 1.54) is 12.1 Å². The van der Waals surface area contributed by atoms with Gasteiger partial charge in [0.1, 0.15) is 6.04 Å². The number of carbonyl (C=O) groups is 1. The van der Waals surface area contributed by atoms with Gasteiger partial charge in [0, 0.05) is 17.8 Å². The number of non-ortho nitro benzene ring substituents is 1. The molecule has 0 bridgehead atoms. The first kappa shape index (κ1) is 13.0. The second-order valence-electron chi connectivity index (χ2n) is 3.42. The Bertz CT molecular complexity index is 402. The number of hydrogen-bond donors (Lipinski definition) is 1. The predicted molar refractivity (Wildman–Crippen MR) is 62.8 cm³/mol. The second-order valence-corrected chi connectivity index (χ2v) is 3.42. The summed E-state index contributed by atoms with van der Waals surface area (Å²) in [5.41, 5.74) is 0.649. The van der Waals surface area contributed by atoms with Crippen molar-refractivity contribution < 1.29 is 14.5 Å². The zero-order chi connectivity index (χ0) is 12.8. The molecule has 0 heterocycles. The van der Waals surface area contributed by atoms with E-state index in [1.54, 1.807) is 26.0 Å². The highest BCUT2D eigenvalue weighted by Crippen LogP contribution is 2.16. The van der Waals surface area contributed by atoms with Gasteiger partial charge >= 0.3 is 5.97 Å². The number of nitro benzene ring substituents is 1. The Kier molecular flexibility index (Phi) is 4.45. The fourth-order valence-electron chi connectivity index (χ4n) is 1.26. The summed E-state index contributed by atoms with van der Waals surface area (Å²) in [6.45, 7) is 3.72. The summed E-state index contributed by atoms with van der Waals surface area (Å²) in [5.74, 6) is -0.356. The molecule has 1 N–H and O–H groups in total. The first-order valence-electron chi connectivity index (χ1n) is 5.22. The van der Waals surface area contributed by atoms with Gasteiger partial charge in [-0.3, -0.25) is 10.1 Å². The van der Waals surface area contributed by atoms with Crippen LogP contribution in [0.15, 0.2) is 24.3 Å². The maximum absolute atomic E-state index is 11.3. The van der Waals surface area contributed by atoms with Crippen LogP contribution >= 0.6 is 0 Å². The second kappa shape index (κ2) is 5.83. The van der Waals surface area contributed by atoms with Gasteiger partial charge in [-0.25, -0.2) is 4.79 Å². The molecule has 0 saturated carbocycles. The molecule has 1 atom stereocenters. The van der Waals surface area contributed by atoms with Gasteiger partial charge < -0.3 is 10.1 Å². The van der Waals surface area contributed by atoms with Crippen molar-refractivity contribution in [3.63, 3.8) is 0 Å². The quantitative estimate of drug-likeness (QED) is 0.481. The van der Waals surface area contributed by atoms with Crippen LogP contribution in [0.25, 0.3) is 0 Å². The molecule has 0 fully saturated rings. The van der Waals surface area contributed by atoms with Crippen molar-refractivity contribution in [2.45, 2.75) is 19.9 Å². The van der Waals surface area contributed by atoms with Gasteiger partial charge in [0.2, 0.25) is 0 Å². The molecule has 0 aromatic heterocycles. The Morgan fingerprint density at radius 2 is 2.06 bits per heavy atom. The van der Waals surface area contributed by atoms with Crippen molar-refractivity contribution in [1.82, 2.24) is 0 Å². The molecule has 6 heteroatoms. The van der Waals surface area contributed by atoms with Crippen LogP contribution in [0.5, 0.6) is 0 Å². The third kappa shape index (κ3) is 3.75. The van der Waals surface area contributed by atoms with Crippen LogP contribution in [-0.2, 0) is 9.53 Å². The summed E-state index contributed by atoms with van der Waals surface area (Å²) < 4.78 is 4.83. The minimum Gasteiger partial charge on any atom is -0.464 e. The number of hydrogen-bond acceptors (Lipinski definition) is 5. The molecule has 0 aliphatic carbocycles. The smallest absolute Gasteiger partial charge is 0.328 e. The fourth-order valence-corrected chi connectivity index (χ4v) is 1.26. The van der Waals surface area contributed by atoms with E-state index in [2.05, 4.69) is 5.32 Å². The van der Waals surface area contributed by atoms with Crippen molar-refractivity contribution in [1.29, 1.82) is 0 Å². The number of ether oxygens (including phenoxy) is 1. The van der Waals surface area contributed by atoms with E-state index in [9.17, 15) is 14.9 Å². The van der Waals surface area contributed by atoms with Crippen molar-refractivity contribution >= 4 is 17.3 Å². The highest BCUT2D eigenvalue weighted by Gasteiger charge is 2.13. The average Bonchev–Trinajstić information content (AvgIpc) is 2.30. The number of rotatable bonds is 5. The fraction of sp³-hybridized carbons (Fsp3) is 0.364. The third-order valence-corrected chi connectivity index (χ3v) is 2.10. The van der Waals surface area contributed by atoms with Crippen LogP contribution in [0.1, 0.15) is 13.8 Å². The minimum absolute atomic E-state index is 0.0133. The van der Waals surface area contributed by atoms with E-state index < -0.39 is 11.0 Å². The predicted octanol–water partition coefficient (Wildman–Crippen LogP) is 1.96. The van der Waals surface area contributed by atoms with Crippen LogP contribution in [-0.4, -0.2) is 23.5 Å². The van der Waals surface area contributed by atoms with Crippen LogP contribution in [0.2, 0.25) is 0 Å². The summed E-state index contributed by atoms with van der Waals surface area (Å²) in [6, 6.07) is 5.36. The number of nitrogens with zero attached hydrogens (tertiary/aromatic N) is 1. The lowest BCUT2D eigenvalue weighted by atomic mass is 10.2. The Labute approximate surface area is 98.7 Å². The molecule has 1 aromatic rings. The summed E-state index contributed by atoms with van der Waals surface area (Å²) in [7, 11) is 0. The van der Waals surface area contributed by atoms with Crippen molar-refractivity contribution in [2.75, 3.05) is 11.9 Å². The standard InChI is InChI=1S/C11H14N2O4/c1-3-17-11(14)8(2)12-9-4-6-10(7-5-9)13(15)16/h4-8,12H,3H2,1-2H3/t8-/m1/s1. The molecule has 0 unspecified atom stereocenters. The molecular weight excluding hydrogens is 224 g/mol. The first-order chi connectivity index (χ1) is 8.04. The Morgan fingerprint density at radius 1 is 1.47 bits per heavy atom. The van der Waals surface area contributed by atoms with Gasteiger partial charge in [0.25, 0.3) is 5.69 Å². The van der Waals surface area contributed by atoms with E-state index in [1.807, 2.05) is 0 Å². The number of anilines is 1. The zero-order valence-corrected chi connectivity index (χ0v) is 9.67. The van der Waals surface area contributed by atoms with Crippen molar-refractivity contribution in [3.8, 4) is 0 Å². The van der Waals surface area contributed by atoms with Crippen LogP contribution in [0, 0.1) is 10.1 Å². The summed E-state index contributed by atoms with van der Waals surface area (Å²) >= 11 is 0. The number of nitrogens with one attached hydrogen (secondary N) is 1. The lowest BCUT2D eigenvalue weighted by Crippen LogP contribution is -2.28. The van der Waals surface area contributed by atoms with Crippen LogP contribution < -0.4 is 5.32 Å². The third-order valence-electron chi connectivity index (χ3n) is 2.10.